The average Bonchev–Trinajstić information content (AvgIpc) is 2.69. The van der Waals surface area contributed by atoms with Crippen molar-refractivity contribution in [2.24, 2.45) is 0 Å². The lowest BCUT2D eigenvalue weighted by Crippen LogP contribution is -2.46. The molecule has 0 radical (unpaired) electrons. The molecule has 2 amide bonds. The van der Waals surface area contributed by atoms with Gasteiger partial charge in [0.1, 0.15) is 0 Å². The molecule has 0 saturated carbocycles. The van der Waals surface area contributed by atoms with Gasteiger partial charge in [-0.2, -0.15) is 0 Å². The summed E-state index contributed by atoms with van der Waals surface area (Å²) in [6.45, 7) is 5.71. The Bertz CT molecular complexity index is 842. The van der Waals surface area contributed by atoms with Crippen molar-refractivity contribution in [2.45, 2.75) is 52.1 Å². The Morgan fingerprint density at radius 3 is 2.54 bits per heavy atom. The number of hydrogen-bond donors (Lipinski definition) is 3. The highest BCUT2D eigenvalue weighted by atomic mass is 16.2. The number of anilines is 1. The van der Waals surface area contributed by atoms with E-state index in [9.17, 15) is 9.59 Å². The molecule has 5 nitrogen and oxygen atoms in total. The predicted molar refractivity (Wildman–Crippen MR) is 112 cm³/mol. The van der Waals surface area contributed by atoms with E-state index in [1.165, 1.54) is 11.1 Å². The van der Waals surface area contributed by atoms with Crippen molar-refractivity contribution in [3.63, 3.8) is 0 Å². The van der Waals surface area contributed by atoms with Crippen molar-refractivity contribution in [3.8, 4) is 0 Å². The van der Waals surface area contributed by atoms with Crippen molar-refractivity contribution < 1.29 is 9.59 Å². The van der Waals surface area contributed by atoms with Crippen molar-refractivity contribution in [3.05, 3.63) is 64.7 Å². The second-order valence-electron chi connectivity index (χ2n) is 7.56. The molecule has 0 aromatic heterocycles. The van der Waals surface area contributed by atoms with Crippen LogP contribution >= 0.6 is 0 Å². The number of para-hydroxylation sites is 1. The standard InChI is InChI=1S/C23H29N3O2/c1-15-8-6-9-16(2)22(15)26-21(27)14-24-23(28)17(3)25-20-13-7-11-18-10-4-5-12-19(18)20/h4-6,8-10,12,17,20,25H,7,11,13-14H2,1-3H3,(H,24,28)(H,26,27)/t17-,20+/m0/s1. The number of fused-ring (bicyclic) bond motifs is 1. The molecule has 1 aliphatic carbocycles. The fourth-order valence-corrected chi connectivity index (χ4v) is 3.82. The SMILES string of the molecule is Cc1cccc(C)c1NC(=O)CNC(=O)[C@H](C)N[C@@H]1CCCc2ccccc21. The van der Waals surface area contributed by atoms with Gasteiger partial charge in [0.05, 0.1) is 12.6 Å². The number of benzene rings is 2. The van der Waals surface area contributed by atoms with Crippen LogP contribution in [0.2, 0.25) is 0 Å². The van der Waals surface area contributed by atoms with Gasteiger partial charge in [-0.05, 0) is 62.3 Å². The molecule has 2 aromatic carbocycles. The van der Waals surface area contributed by atoms with E-state index in [1.54, 1.807) is 0 Å². The van der Waals surface area contributed by atoms with Gasteiger partial charge >= 0.3 is 0 Å². The van der Waals surface area contributed by atoms with Crippen LogP contribution in [0.15, 0.2) is 42.5 Å². The molecular weight excluding hydrogens is 350 g/mol. The van der Waals surface area contributed by atoms with Gasteiger partial charge in [-0.1, -0.05) is 42.5 Å². The zero-order valence-electron chi connectivity index (χ0n) is 16.8. The summed E-state index contributed by atoms with van der Waals surface area (Å²) in [5.41, 5.74) is 5.45. The Balaban J connectivity index is 1.52. The lowest BCUT2D eigenvalue weighted by molar-refractivity contribution is -0.125. The molecule has 5 heteroatoms. The van der Waals surface area contributed by atoms with Crippen molar-refractivity contribution in [1.29, 1.82) is 0 Å². The first-order chi connectivity index (χ1) is 13.5. The van der Waals surface area contributed by atoms with Crippen LogP contribution in [-0.2, 0) is 16.0 Å². The van der Waals surface area contributed by atoms with Crippen LogP contribution in [0.4, 0.5) is 5.69 Å². The Kier molecular flexibility index (Phi) is 6.47. The maximum absolute atomic E-state index is 12.5. The van der Waals surface area contributed by atoms with Gasteiger partial charge in [0.2, 0.25) is 11.8 Å². The molecule has 0 fully saturated rings. The van der Waals surface area contributed by atoms with E-state index in [2.05, 4.69) is 34.1 Å². The molecule has 0 bridgehead atoms. The van der Waals surface area contributed by atoms with E-state index >= 15 is 0 Å². The number of amides is 2. The summed E-state index contributed by atoms with van der Waals surface area (Å²) >= 11 is 0. The smallest absolute Gasteiger partial charge is 0.243 e. The monoisotopic (exact) mass is 379 g/mol. The van der Waals surface area contributed by atoms with E-state index in [0.717, 1.165) is 36.1 Å². The second-order valence-corrected chi connectivity index (χ2v) is 7.56. The molecular formula is C23H29N3O2. The lowest BCUT2D eigenvalue weighted by atomic mass is 9.87. The number of carbonyl (C=O) groups excluding carboxylic acids is 2. The molecule has 148 valence electrons. The van der Waals surface area contributed by atoms with Crippen LogP contribution < -0.4 is 16.0 Å². The Morgan fingerprint density at radius 1 is 1.07 bits per heavy atom. The van der Waals surface area contributed by atoms with E-state index in [1.807, 2.05) is 45.0 Å². The second kappa shape index (κ2) is 9.02. The van der Waals surface area contributed by atoms with Crippen LogP contribution in [0.25, 0.3) is 0 Å². The Morgan fingerprint density at radius 2 is 1.79 bits per heavy atom. The van der Waals surface area contributed by atoms with Crippen LogP contribution in [0.1, 0.15) is 48.1 Å². The van der Waals surface area contributed by atoms with Gasteiger partial charge < -0.3 is 10.6 Å². The number of nitrogens with one attached hydrogen (secondary N) is 3. The van der Waals surface area contributed by atoms with Gasteiger partial charge in [0.25, 0.3) is 0 Å². The summed E-state index contributed by atoms with van der Waals surface area (Å²) < 4.78 is 0. The summed E-state index contributed by atoms with van der Waals surface area (Å²) in [6.07, 6.45) is 3.22. The van der Waals surface area contributed by atoms with E-state index in [-0.39, 0.29) is 30.4 Å². The number of rotatable bonds is 6. The van der Waals surface area contributed by atoms with Crippen LogP contribution in [0.5, 0.6) is 0 Å². The molecule has 0 heterocycles. The first kappa shape index (κ1) is 20.1. The molecule has 28 heavy (non-hydrogen) atoms. The van der Waals surface area contributed by atoms with Gasteiger partial charge in [0, 0.05) is 11.7 Å². The fourth-order valence-electron chi connectivity index (χ4n) is 3.82. The minimum absolute atomic E-state index is 0.0418. The fraction of sp³-hybridized carbons (Fsp3) is 0.391. The maximum atomic E-state index is 12.5. The molecule has 0 saturated heterocycles. The van der Waals surface area contributed by atoms with E-state index < -0.39 is 0 Å². The van der Waals surface area contributed by atoms with Crippen LogP contribution in [-0.4, -0.2) is 24.4 Å². The van der Waals surface area contributed by atoms with Crippen molar-refractivity contribution in [1.82, 2.24) is 10.6 Å². The summed E-state index contributed by atoms with van der Waals surface area (Å²) in [6, 6.07) is 14.1. The largest absolute Gasteiger partial charge is 0.346 e. The molecule has 1 aliphatic rings. The molecule has 2 aromatic rings. The Labute approximate surface area is 166 Å². The minimum atomic E-state index is -0.371. The third-order valence-corrected chi connectivity index (χ3v) is 5.38. The summed E-state index contributed by atoms with van der Waals surface area (Å²) in [7, 11) is 0. The third-order valence-electron chi connectivity index (χ3n) is 5.38. The summed E-state index contributed by atoms with van der Waals surface area (Å²) in [5.74, 6) is -0.388. The van der Waals surface area contributed by atoms with Crippen molar-refractivity contribution in [2.75, 3.05) is 11.9 Å². The van der Waals surface area contributed by atoms with Crippen LogP contribution in [0, 0.1) is 13.8 Å². The summed E-state index contributed by atoms with van der Waals surface area (Å²) in [5, 5.41) is 9.06. The van der Waals surface area contributed by atoms with Crippen molar-refractivity contribution >= 4 is 17.5 Å². The highest BCUT2D eigenvalue weighted by molar-refractivity contribution is 5.96. The minimum Gasteiger partial charge on any atom is -0.346 e. The van der Waals surface area contributed by atoms with Crippen LogP contribution in [0.3, 0.4) is 0 Å². The molecule has 3 N–H and O–H groups in total. The highest BCUT2D eigenvalue weighted by Gasteiger charge is 2.23. The van der Waals surface area contributed by atoms with E-state index in [4.69, 9.17) is 0 Å². The first-order valence-corrected chi connectivity index (χ1v) is 9.93. The molecule has 0 unspecified atom stereocenters. The third kappa shape index (κ3) is 4.78. The number of carbonyl (C=O) groups is 2. The van der Waals surface area contributed by atoms with Gasteiger partial charge in [-0.3, -0.25) is 14.9 Å². The number of aryl methyl sites for hydroxylation is 3. The maximum Gasteiger partial charge on any atom is 0.243 e. The zero-order valence-corrected chi connectivity index (χ0v) is 16.8. The summed E-state index contributed by atoms with van der Waals surface area (Å²) in [4.78, 5) is 24.7. The lowest BCUT2D eigenvalue weighted by Gasteiger charge is -2.28. The number of hydrogen-bond acceptors (Lipinski definition) is 3. The topological polar surface area (TPSA) is 70.2 Å². The Hall–Kier alpha value is -2.66. The van der Waals surface area contributed by atoms with Gasteiger partial charge in [0.15, 0.2) is 0 Å². The molecule has 0 aliphatic heterocycles. The highest BCUT2D eigenvalue weighted by Crippen LogP contribution is 2.29. The zero-order chi connectivity index (χ0) is 20.1. The first-order valence-electron chi connectivity index (χ1n) is 9.93. The van der Waals surface area contributed by atoms with Gasteiger partial charge in [-0.25, -0.2) is 0 Å². The average molecular weight is 380 g/mol. The quantitative estimate of drug-likeness (QED) is 0.720. The normalized spacial score (nSPS) is 16.8. The van der Waals surface area contributed by atoms with Gasteiger partial charge in [-0.15, -0.1) is 0 Å². The molecule has 0 spiro atoms. The van der Waals surface area contributed by atoms with E-state index in [0.29, 0.717) is 0 Å². The molecule has 3 rings (SSSR count). The molecule has 2 atom stereocenters. The predicted octanol–water partition coefficient (Wildman–Crippen LogP) is 3.41.